The molecule has 17 heavy (non-hydrogen) atoms. The molecule has 0 spiro atoms. The molecule has 0 aliphatic carbocycles. The molecule has 3 nitrogen and oxygen atoms in total. The molecule has 88 valence electrons. The third-order valence-corrected chi connectivity index (χ3v) is 2.59. The van der Waals surface area contributed by atoms with Gasteiger partial charge < -0.3 is 0 Å². The van der Waals surface area contributed by atoms with Gasteiger partial charge in [-0.1, -0.05) is 39.0 Å². The minimum atomic E-state index is -0.396. The average molecular weight is 228 g/mol. The molecule has 1 aromatic carbocycles. The molecule has 0 radical (unpaired) electrons. The first-order chi connectivity index (χ1) is 8.00. The largest absolute Gasteiger partial charge is 0.296 e. The Kier molecular flexibility index (Phi) is 2.84. The van der Waals surface area contributed by atoms with Gasteiger partial charge >= 0.3 is 0 Å². The van der Waals surface area contributed by atoms with Crippen molar-refractivity contribution < 1.29 is 4.79 Å². The van der Waals surface area contributed by atoms with E-state index in [4.69, 9.17) is 0 Å². The maximum atomic E-state index is 12.3. The van der Waals surface area contributed by atoms with Crippen molar-refractivity contribution in [1.29, 1.82) is 0 Å². The highest BCUT2D eigenvalue weighted by molar-refractivity contribution is 5.98. The fourth-order valence-electron chi connectivity index (χ4n) is 1.64. The van der Waals surface area contributed by atoms with Crippen molar-refractivity contribution in [2.24, 2.45) is 5.41 Å². The van der Waals surface area contributed by atoms with Crippen molar-refractivity contribution in [3.8, 4) is 5.69 Å². The molecule has 3 heteroatoms. The molecule has 2 aromatic rings. The molecule has 1 aromatic heterocycles. The van der Waals surface area contributed by atoms with Crippen molar-refractivity contribution >= 4 is 5.78 Å². The summed E-state index contributed by atoms with van der Waals surface area (Å²) in [7, 11) is 0. The topological polar surface area (TPSA) is 34.9 Å². The maximum absolute atomic E-state index is 12.3. The Balaban J connectivity index is 2.46. The van der Waals surface area contributed by atoms with E-state index in [1.165, 1.54) is 0 Å². The molecule has 0 saturated heterocycles. The van der Waals surface area contributed by atoms with Gasteiger partial charge in [-0.3, -0.25) is 9.36 Å². The summed E-state index contributed by atoms with van der Waals surface area (Å²) in [4.78, 5) is 16.3. The van der Waals surface area contributed by atoms with Crippen molar-refractivity contribution in [2.75, 3.05) is 0 Å². The minimum absolute atomic E-state index is 0.0962. The van der Waals surface area contributed by atoms with E-state index >= 15 is 0 Å². The number of imidazole rings is 1. The van der Waals surface area contributed by atoms with Gasteiger partial charge in [0.15, 0.2) is 5.78 Å². The normalized spacial score (nSPS) is 11.5. The number of hydrogen-bond acceptors (Lipinski definition) is 2. The van der Waals surface area contributed by atoms with Crippen LogP contribution in [0.1, 0.15) is 31.3 Å². The molecule has 0 fully saturated rings. The zero-order valence-electron chi connectivity index (χ0n) is 10.3. The molecular weight excluding hydrogens is 212 g/mol. The molecular formula is C14H16N2O. The highest BCUT2D eigenvalue weighted by atomic mass is 16.1. The van der Waals surface area contributed by atoms with Crippen LogP contribution in [0.2, 0.25) is 0 Å². The summed E-state index contributed by atoms with van der Waals surface area (Å²) < 4.78 is 1.83. The number of nitrogens with zero attached hydrogens (tertiary/aromatic N) is 2. The van der Waals surface area contributed by atoms with Gasteiger partial charge in [0, 0.05) is 11.1 Å². The molecule has 0 unspecified atom stereocenters. The van der Waals surface area contributed by atoms with Crippen molar-refractivity contribution in [3.63, 3.8) is 0 Å². The lowest BCUT2D eigenvalue weighted by molar-refractivity contribution is 0.0851. The van der Waals surface area contributed by atoms with Crippen LogP contribution in [-0.4, -0.2) is 15.3 Å². The monoisotopic (exact) mass is 228 g/mol. The van der Waals surface area contributed by atoms with Crippen LogP contribution < -0.4 is 0 Å². The van der Waals surface area contributed by atoms with E-state index in [1.807, 2.05) is 55.7 Å². The first-order valence-electron chi connectivity index (χ1n) is 5.63. The molecule has 1 heterocycles. The van der Waals surface area contributed by atoms with Gasteiger partial charge in [0.05, 0.1) is 12.5 Å². The number of Topliss-reactive ketones (excluding diaryl/α,β-unsaturated/α-hetero) is 1. The average Bonchev–Trinajstić information content (AvgIpc) is 2.76. The highest BCUT2D eigenvalue weighted by Gasteiger charge is 2.26. The Hall–Kier alpha value is -1.90. The molecule has 0 atom stereocenters. The quantitative estimate of drug-likeness (QED) is 0.740. The van der Waals surface area contributed by atoms with Crippen LogP contribution in [-0.2, 0) is 0 Å². The van der Waals surface area contributed by atoms with E-state index in [-0.39, 0.29) is 5.78 Å². The van der Waals surface area contributed by atoms with Gasteiger partial charge in [-0.2, -0.15) is 0 Å². The Bertz CT molecular complexity index is 521. The summed E-state index contributed by atoms with van der Waals surface area (Å²) in [5.74, 6) is 0.0962. The van der Waals surface area contributed by atoms with Crippen molar-refractivity contribution in [3.05, 3.63) is 48.5 Å². The Morgan fingerprint density at radius 2 is 1.82 bits per heavy atom. The molecule has 0 aliphatic heterocycles. The van der Waals surface area contributed by atoms with Gasteiger partial charge in [-0.05, 0) is 12.1 Å². The third kappa shape index (κ3) is 2.28. The lowest BCUT2D eigenvalue weighted by atomic mass is 9.89. The summed E-state index contributed by atoms with van der Waals surface area (Å²) in [6.45, 7) is 5.74. The zero-order chi connectivity index (χ0) is 12.5. The van der Waals surface area contributed by atoms with Crippen LogP contribution in [0, 0.1) is 5.41 Å². The van der Waals surface area contributed by atoms with Gasteiger partial charge in [-0.25, -0.2) is 4.98 Å². The second kappa shape index (κ2) is 4.17. The zero-order valence-corrected chi connectivity index (χ0v) is 10.3. The summed E-state index contributed by atoms with van der Waals surface area (Å²) in [6.07, 6.45) is 3.30. The van der Waals surface area contributed by atoms with E-state index < -0.39 is 5.41 Å². The van der Waals surface area contributed by atoms with Crippen LogP contribution in [0.25, 0.3) is 5.69 Å². The third-order valence-electron chi connectivity index (χ3n) is 2.59. The van der Waals surface area contributed by atoms with Crippen LogP contribution in [0.5, 0.6) is 0 Å². The van der Waals surface area contributed by atoms with Crippen LogP contribution in [0.3, 0.4) is 0 Å². The Morgan fingerprint density at radius 1 is 1.18 bits per heavy atom. The lowest BCUT2D eigenvalue weighted by Crippen LogP contribution is -2.22. The predicted octanol–water partition coefficient (Wildman–Crippen LogP) is 3.10. The summed E-state index contributed by atoms with van der Waals surface area (Å²) in [6, 6.07) is 9.76. The number of para-hydroxylation sites is 1. The van der Waals surface area contributed by atoms with Crippen LogP contribution in [0.15, 0.2) is 42.9 Å². The predicted molar refractivity (Wildman–Crippen MR) is 67.3 cm³/mol. The lowest BCUT2D eigenvalue weighted by Gasteiger charge is -2.17. The fourth-order valence-corrected chi connectivity index (χ4v) is 1.64. The SMILES string of the molecule is CC(C)(C)C(=O)c1cncn1-c1ccccc1. The second-order valence-corrected chi connectivity index (χ2v) is 5.06. The van der Waals surface area contributed by atoms with E-state index in [0.717, 1.165) is 5.69 Å². The number of aromatic nitrogens is 2. The Labute approximate surface area is 101 Å². The van der Waals surface area contributed by atoms with Gasteiger partial charge in [0.2, 0.25) is 0 Å². The standard InChI is InChI=1S/C14H16N2O/c1-14(2,3)13(17)12-9-15-10-16(12)11-7-5-4-6-8-11/h4-10H,1-3H3. The molecule has 0 N–H and O–H groups in total. The number of ketones is 1. The Morgan fingerprint density at radius 3 is 2.41 bits per heavy atom. The fraction of sp³-hybridized carbons (Fsp3) is 0.286. The molecule has 0 bridgehead atoms. The molecule has 0 amide bonds. The second-order valence-electron chi connectivity index (χ2n) is 5.06. The summed E-state index contributed by atoms with van der Waals surface area (Å²) >= 11 is 0. The maximum Gasteiger partial charge on any atom is 0.186 e. The van der Waals surface area contributed by atoms with E-state index in [0.29, 0.717) is 5.69 Å². The van der Waals surface area contributed by atoms with Crippen LogP contribution in [0.4, 0.5) is 0 Å². The van der Waals surface area contributed by atoms with Crippen molar-refractivity contribution in [1.82, 2.24) is 9.55 Å². The van der Waals surface area contributed by atoms with Gasteiger partial charge in [-0.15, -0.1) is 0 Å². The number of hydrogen-bond donors (Lipinski definition) is 0. The van der Waals surface area contributed by atoms with E-state index in [9.17, 15) is 4.79 Å². The first-order valence-corrected chi connectivity index (χ1v) is 5.63. The van der Waals surface area contributed by atoms with Gasteiger partial charge in [0.1, 0.15) is 5.69 Å². The highest BCUT2D eigenvalue weighted by Crippen LogP contribution is 2.22. The number of carbonyl (C=O) groups is 1. The van der Waals surface area contributed by atoms with Crippen molar-refractivity contribution in [2.45, 2.75) is 20.8 Å². The van der Waals surface area contributed by atoms with Gasteiger partial charge in [0.25, 0.3) is 0 Å². The number of carbonyl (C=O) groups excluding carboxylic acids is 1. The number of benzene rings is 1. The van der Waals surface area contributed by atoms with E-state index in [2.05, 4.69) is 4.98 Å². The summed E-state index contributed by atoms with van der Waals surface area (Å²) in [5, 5.41) is 0. The molecule has 0 saturated carbocycles. The molecule has 2 rings (SSSR count). The smallest absolute Gasteiger partial charge is 0.186 e. The minimum Gasteiger partial charge on any atom is -0.296 e. The number of rotatable bonds is 2. The molecule has 0 aliphatic rings. The van der Waals surface area contributed by atoms with E-state index in [1.54, 1.807) is 12.5 Å². The summed E-state index contributed by atoms with van der Waals surface area (Å²) in [5.41, 5.74) is 1.19. The first kappa shape index (κ1) is 11.6. The van der Waals surface area contributed by atoms with Crippen LogP contribution >= 0.6 is 0 Å².